The third-order valence-electron chi connectivity index (χ3n) is 4.78. The Morgan fingerprint density at radius 3 is 2.48 bits per heavy atom. The number of hydrogen-bond donors (Lipinski definition) is 1. The van der Waals surface area contributed by atoms with Gasteiger partial charge >= 0.3 is 12.8 Å². The standard InChI is InChI=1S/C20H17F7N4O2/c21-14-11(12-9-29-16(17(28)30-12)20(25,26)27)8-10-4-6-31(18(32)13(10)15(14)22)5-2-1-3-7-33-19(23)24/h4,6,8-9,19H,1-3,5,7H2,(H2,28,30). The summed E-state index contributed by atoms with van der Waals surface area (Å²) in [4.78, 5) is 19.3. The quantitative estimate of drug-likeness (QED) is 0.373. The lowest BCUT2D eigenvalue weighted by Crippen LogP contribution is -2.21. The molecule has 0 unspecified atom stereocenters. The molecule has 0 saturated heterocycles. The Labute approximate surface area is 181 Å². The largest absolute Gasteiger partial charge is 0.437 e. The van der Waals surface area contributed by atoms with Gasteiger partial charge in [-0.05, 0) is 36.8 Å². The van der Waals surface area contributed by atoms with E-state index in [4.69, 9.17) is 5.73 Å². The Hall–Kier alpha value is -3.22. The van der Waals surface area contributed by atoms with Crippen molar-refractivity contribution in [3.8, 4) is 11.3 Å². The van der Waals surface area contributed by atoms with Crippen molar-refractivity contribution >= 4 is 16.6 Å². The van der Waals surface area contributed by atoms with E-state index in [0.29, 0.717) is 25.5 Å². The first-order valence-corrected chi connectivity index (χ1v) is 9.61. The third kappa shape index (κ3) is 5.41. The number of nitrogens with two attached hydrogens (primary N) is 1. The van der Waals surface area contributed by atoms with Crippen LogP contribution in [0.2, 0.25) is 0 Å². The minimum Gasteiger partial charge on any atom is -0.382 e. The van der Waals surface area contributed by atoms with Gasteiger partial charge in [0.2, 0.25) is 0 Å². The Balaban J connectivity index is 1.88. The van der Waals surface area contributed by atoms with E-state index < -0.39 is 58.1 Å². The van der Waals surface area contributed by atoms with Crippen LogP contribution in [0.3, 0.4) is 0 Å². The molecule has 2 heterocycles. The van der Waals surface area contributed by atoms with E-state index in [1.807, 2.05) is 0 Å². The van der Waals surface area contributed by atoms with Crippen LogP contribution in [0.5, 0.6) is 0 Å². The van der Waals surface area contributed by atoms with Crippen LogP contribution < -0.4 is 11.3 Å². The van der Waals surface area contributed by atoms with Crippen LogP contribution in [-0.2, 0) is 17.5 Å². The maximum Gasteiger partial charge on any atom is 0.437 e. The van der Waals surface area contributed by atoms with E-state index in [0.717, 1.165) is 10.6 Å². The second-order valence-electron chi connectivity index (χ2n) is 7.01. The predicted octanol–water partition coefficient (Wildman–Crippen LogP) is 4.75. The van der Waals surface area contributed by atoms with E-state index >= 15 is 0 Å². The molecule has 0 aliphatic carbocycles. The number of nitrogen functional groups attached to an aromatic ring is 1. The summed E-state index contributed by atoms with van der Waals surface area (Å²) in [5.74, 6) is -3.99. The predicted molar refractivity (Wildman–Crippen MR) is 104 cm³/mol. The summed E-state index contributed by atoms with van der Waals surface area (Å²) >= 11 is 0. The number of fused-ring (bicyclic) bond motifs is 1. The first-order valence-electron chi connectivity index (χ1n) is 9.61. The van der Waals surface area contributed by atoms with Gasteiger partial charge in [0.15, 0.2) is 23.1 Å². The molecule has 0 bridgehead atoms. The van der Waals surface area contributed by atoms with Crippen LogP contribution in [0.1, 0.15) is 25.0 Å². The summed E-state index contributed by atoms with van der Waals surface area (Å²) in [6.07, 6.45) is -1.72. The van der Waals surface area contributed by atoms with E-state index in [-0.39, 0.29) is 18.5 Å². The topological polar surface area (TPSA) is 83.0 Å². The molecule has 2 aromatic heterocycles. The fraction of sp³-hybridized carbons (Fsp3) is 0.350. The minimum atomic E-state index is -4.87. The summed E-state index contributed by atoms with van der Waals surface area (Å²) in [7, 11) is 0. The van der Waals surface area contributed by atoms with Crippen molar-refractivity contribution in [3.63, 3.8) is 0 Å². The number of rotatable bonds is 8. The van der Waals surface area contributed by atoms with Crippen LogP contribution >= 0.6 is 0 Å². The molecule has 178 valence electrons. The zero-order valence-corrected chi connectivity index (χ0v) is 16.8. The van der Waals surface area contributed by atoms with E-state index in [1.54, 1.807) is 0 Å². The van der Waals surface area contributed by atoms with Crippen molar-refractivity contribution in [2.24, 2.45) is 0 Å². The van der Waals surface area contributed by atoms with Gasteiger partial charge in [-0.3, -0.25) is 4.79 Å². The van der Waals surface area contributed by atoms with Crippen molar-refractivity contribution in [2.75, 3.05) is 12.3 Å². The van der Waals surface area contributed by atoms with Crippen molar-refractivity contribution < 1.29 is 35.5 Å². The molecule has 0 atom stereocenters. The highest BCUT2D eigenvalue weighted by Gasteiger charge is 2.36. The average molecular weight is 478 g/mol. The normalized spacial score (nSPS) is 12.1. The fourth-order valence-electron chi connectivity index (χ4n) is 3.22. The highest BCUT2D eigenvalue weighted by molar-refractivity contribution is 5.87. The number of pyridine rings is 1. The van der Waals surface area contributed by atoms with Crippen molar-refractivity contribution in [3.05, 3.63) is 52.2 Å². The number of unbranched alkanes of at least 4 members (excludes halogenated alkanes) is 2. The lowest BCUT2D eigenvalue weighted by Gasteiger charge is -2.12. The molecular weight excluding hydrogens is 461 g/mol. The Bertz CT molecular complexity index is 1210. The van der Waals surface area contributed by atoms with Gasteiger partial charge in [0.05, 0.1) is 23.9 Å². The molecular formula is C20H17F7N4O2. The molecule has 0 aliphatic heterocycles. The summed E-state index contributed by atoms with van der Waals surface area (Å²) in [5.41, 5.74) is 2.04. The Kier molecular flexibility index (Phi) is 7.20. The number of aryl methyl sites for hydroxylation is 1. The summed E-state index contributed by atoms with van der Waals surface area (Å²) in [5, 5.41) is -0.552. The van der Waals surface area contributed by atoms with Crippen LogP contribution in [0.4, 0.5) is 36.6 Å². The molecule has 33 heavy (non-hydrogen) atoms. The molecule has 0 amide bonds. The fourth-order valence-corrected chi connectivity index (χ4v) is 3.22. The van der Waals surface area contributed by atoms with Gasteiger partial charge in [-0.1, -0.05) is 0 Å². The van der Waals surface area contributed by atoms with Gasteiger partial charge in [0, 0.05) is 18.3 Å². The maximum atomic E-state index is 14.8. The highest BCUT2D eigenvalue weighted by Crippen LogP contribution is 2.33. The minimum absolute atomic E-state index is 0.00393. The maximum absolute atomic E-state index is 14.8. The molecule has 0 aliphatic rings. The van der Waals surface area contributed by atoms with Gasteiger partial charge in [0.1, 0.15) is 0 Å². The number of ether oxygens (including phenoxy) is 1. The number of benzene rings is 1. The van der Waals surface area contributed by atoms with Crippen molar-refractivity contribution in [1.82, 2.24) is 14.5 Å². The lowest BCUT2D eigenvalue weighted by atomic mass is 10.0. The summed E-state index contributed by atoms with van der Waals surface area (Å²) < 4.78 is 97.0. The average Bonchev–Trinajstić information content (AvgIpc) is 2.73. The molecule has 2 N–H and O–H groups in total. The van der Waals surface area contributed by atoms with Crippen LogP contribution in [0, 0.1) is 11.6 Å². The summed E-state index contributed by atoms with van der Waals surface area (Å²) in [6, 6.07) is 2.40. The first-order chi connectivity index (χ1) is 15.5. The Morgan fingerprint density at radius 2 is 1.85 bits per heavy atom. The third-order valence-corrected chi connectivity index (χ3v) is 4.78. The van der Waals surface area contributed by atoms with Crippen molar-refractivity contribution in [2.45, 2.75) is 38.6 Å². The highest BCUT2D eigenvalue weighted by atomic mass is 19.4. The molecule has 0 spiro atoms. The molecule has 6 nitrogen and oxygen atoms in total. The Morgan fingerprint density at radius 1 is 1.12 bits per heavy atom. The monoisotopic (exact) mass is 478 g/mol. The van der Waals surface area contributed by atoms with Crippen LogP contribution in [0.15, 0.2) is 29.3 Å². The smallest absolute Gasteiger partial charge is 0.382 e. The SMILES string of the molecule is Nc1nc(-c2cc3ccn(CCCCCOC(F)F)c(=O)c3c(F)c2F)cnc1C(F)(F)F. The van der Waals surface area contributed by atoms with E-state index in [2.05, 4.69) is 14.7 Å². The number of nitrogens with zero attached hydrogens (tertiary/aromatic N) is 3. The number of aromatic nitrogens is 3. The number of alkyl halides is 5. The zero-order chi connectivity index (χ0) is 24.3. The molecule has 13 heteroatoms. The zero-order valence-electron chi connectivity index (χ0n) is 16.8. The molecule has 0 fully saturated rings. The first kappa shape index (κ1) is 24.4. The van der Waals surface area contributed by atoms with Crippen LogP contribution in [0.25, 0.3) is 22.0 Å². The number of anilines is 1. The second-order valence-corrected chi connectivity index (χ2v) is 7.01. The molecule has 3 rings (SSSR count). The second kappa shape index (κ2) is 9.73. The number of halogens is 7. The van der Waals surface area contributed by atoms with Gasteiger partial charge in [0.25, 0.3) is 5.56 Å². The molecule has 0 saturated carbocycles. The van der Waals surface area contributed by atoms with Crippen molar-refractivity contribution in [1.29, 1.82) is 0 Å². The molecule has 1 aromatic carbocycles. The lowest BCUT2D eigenvalue weighted by molar-refractivity contribution is -0.140. The van der Waals surface area contributed by atoms with Gasteiger partial charge in [-0.25, -0.2) is 18.7 Å². The van der Waals surface area contributed by atoms with Gasteiger partial charge in [-0.15, -0.1) is 0 Å². The molecule has 0 radical (unpaired) electrons. The molecule has 3 aromatic rings. The van der Waals surface area contributed by atoms with E-state index in [9.17, 15) is 35.5 Å². The summed E-state index contributed by atoms with van der Waals surface area (Å²) in [6.45, 7) is -2.88. The van der Waals surface area contributed by atoms with Gasteiger partial charge in [-0.2, -0.15) is 22.0 Å². The van der Waals surface area contributed by atoms with E-state index in [1.165, 1.54) is 12.3 Å². The van der Waals surface area contributed by atoms with Gasteiger partial charge < -0.3 is 15.0 Å². The number of hydrogen-bond acceptors (Lipinski definition) is 5. The van der Waals surface area contributed by atoms with Crippen LogP contribution in [-0.4, -0.2) is 27.8 Å².